The summed E-state index contributed by atoms with van der Waals surface area (Å²) in [4.78, 5) is 41.2. The minimum Gasteiger partial charge on any atom is -0.468 e. The van der Waals surface area contributed by atoms with Crippen molar-refractivity contribution in [1.29, 1.82) is 0 Å². The van der Waals surface area contributed by atoms with Crippen LogP contribution in [0.25, 0.3) is 0 Å². The molecule has 28 heavy (non-hydrogen) atoms. The number of benzene rings is 1. The fourth-order valence-corrected chi connectivity index (χ4v) is 3.41. The number of imide groups is 1. The van der Waals surface area contributed by atoms with Crippen molar-refractivity contribution >= 4 is 17.8 Å². The van der Waals surface area contributed by atoms with Gasteiger partial charge in [0, 0.05) is 0 Å². The van der Waals surface area contributed by atoms with Gasteiger partial charge in [0.15, 0.2) is 0 Å². The largest absolute Gasteiger partial charge is 0.468 e. The summed E-state index contributed by atoms with van der Waals surface area (Å²) in [7, 11) is 1.33. The Hall–Kier alpha value is -2.25. The number of methoxy groups -OCH3 is 1. The van der Waals surface area contributed by atoms with Crippen LogP contribution in [-0.2, 0) is 25.7 Å². The Bertz CT molecular complexity index is 679. The molecule has 2 N–H and O–H groups in total. The highest BCUT2D eigenvalue weighted by molar-refractivity contribution is 6.00. The molecule has 1 aromatic carbocycles. The number of nitrogens with zero attached hydrogens (tertiary/aromatic N) is 2. The van der Waals surface area contributed by atoms with E-state index in [0.29, 0.717) is 13.0 Å². The van der Waals surface area contributed by atoms with Gasteiger partial charge >= 0.3 is 5.97 Å². The van der Waals surface area contributed by atoms with Gasteiger partial charge in [0.05, 0.1) is 32.3 Å². The fraction of sp³-hybridized carbons (Fsp3) is 0.571. The summed E-state index contributed by atoms with van der Waals surface area (Å²) in [5, 5.41) is 0. The molecule has 1 aliphatic heterocycles. The van der Waals surface area contributed by atoms with Crippen molar-refractivity contribution in [1.82, 2.24) is 9.80 Å². The predicted octanol–water partition coefficient (Wildman–Crippen LogP) is 1.55. The van der Waals surface area contributed by atoms with Gasteiger partial charge in [-0.05, 0) is 30.9 Å². The number of amides is 2. The average Bonchev–Trinajstić information content (AvgIpc) is 3.18. The summed E-state index contributed by atoms with van der Waals surface area (Å²) in [6.45, 7) is 4.71. The zero-order valence-corrected chi connectivity index (χ0v) is 17.0. The lowest BCUT2D eigenvalue weighted by molar-refractivity contribution is -0.150. The van der Waals surface area contributed by atoms with Crippen molar-refractivity contribution in [3.05, 3.63) is 35.9 Å². The van der Waals surface area contributed by atoms with Gasteiger partial charge in [-0.1, -0.05) is 50.6 Å². The van der Waals surface area contributed by atoms with Crippen molar-refractivity contribution in [3.8, 4) is 0 Å². The molecule has 1 aliphatic rings. The van der Waals surface area contributed by atoms with Gasteiger partial charge in [-0.25, -0.2) is 0 Å². The molecular weight excluding hydrogens is 358 g/mol. The van der Waals surface area contributed by atoms with Crippen molar-refractivity contribution in [2.45, 2.75) is 51.7 Å². The molecule has 1 saturated heterocycles. The third-order valence-electron chi connectivity index (χ3n) is 5.47. The fourth-order valence-electron chi connectivity index (χ4n) is 3.41. The third-order valence-corrected chi connectivity index (χ3v) is 5.47. The molecule has 1 aromatic rings. The maximum absolute atomic E-state index is 13.3. The van der Waals surface area contributed by atoms with Crippen molar-refractivity contribution in [2.75, 3.05) is 20.2 Å². The summed E-state index contributed by atoms with van der Waals surface area (Å²) in [5.74, 6) is -1.09. The van der Waals surface area contributed by atoms with Crippen LogP contribution in [0.5, 0.6) is 0 Å². The molecule has 2 rings (SSSR count). The lowest BCUT2D eigenvalue weighted by Crippen LogP contribution is -2.54. The van der Waals surface area contributed by atoms with Gasteiger partial charge in [0.1, 0.15) is 0 Å². The maximum Gasteiger partial charge on any atom is 0.319 e. The topological polar surface area (TPSA) is 92.9 Å². The standard InChI is InChI=1S/C21H31N3O4/c1-4-15(2)19(22)21(27)24(13-16-9-6-5-7-10-16)20(26)17-11-8-12-23(17)14-18(25)28-3/h5-7,9-10,15,17,19H,4,8,11-14,22H2,1-3H3/t15-,17-,19-/m0/s1. The van der Waals surface area contributed by atoms with Crippen molar-refractivity contribution in [3.63, 3.8) is 0 Å². The highest BCUT2D eigenvalue weighted by Gasteiger charge is 2.38. The molecular formula is C21H31N3O4. The van der Waals surface area contributed by atoms with E-state index < -0.39 is 18.1 Å². The Morgan fingerprint density at radius 1 is 1.29 bits per heavy atom. The summed E-state index contributed by atoms with van der Waals surface area (Å²) >= 11 is 0. The Kier molecular flexibility index (Phi) is 8.14. The quantitative estimate of drug-likeness (QED) is 0.678. The Morgan fingerprint density at radius 2 is 1.96 bits per heavy atom. The third kappa shape index (κ3) is 5.39. The Labute approximate surface area is 166 Å². The molecule has 0 saturated carbocycles. The van der Waals surface area contributed by atoms with E-state index in [1.807, 2.05) is 44.2 Å². The monoisotopic (exact) mass is 389 g/mol. The van der Waals surface area contributed by atoms with Crippen LogP contribution in [0.1, 0.15) is 38.7 Å². The zero-order chi connectivity index (χ0) is 20.7. The number of ether oxygens (including phenoxy) is 1. The van der Waals surface area contributed by atoms with Crippen LogP contribution in [0.3, 0.4) is 0 Å². The number of carbonyl (C=O) groups excluding carboxylic acids is 3. The number of carbonyl (C=O) groups is 3. The van der Waals surface area contributed by atoms with Gasteiger partial charge in [-0.2, -0.15) is 0 Å². The van der Waals surface area contributed by atoms with Gasteiger partial charge in [-0.15, -0.1) is 0 Å². The Morgan fingerprint density at radius 3 is 2.57 bits per heavy atom. The van der Waals surface area contributed by atoms with Crippen LogP contribution in [-0.4, -0.2) is 59.9 Å². The van der Waals surface area contributed by atoms with Crippen LogP contribution < -0.4 is 5.73 Å². The molecule has 0 aliphatic carbocycles. The van der Waals surface area contributed by atoms with Gasteiger partial charge < -0.3 is 10.5 Å². The van der Waals surface area contributed by atoms with Crippen LogP contribution in [0.15, 0.2) is 30.3 Å². The predicted molar refractivity (Wildman–Crippen MR) is 106 cm³/mol. The molecule has 1 heterocycles. The summed E-state index contributed by atoms with van der Waals surface area (Å²) in [6.07, 6.45) is 2.14. The van der Waals surface area contributed by atoms with E-state index in [9.17, 15) is 14.4 Å². The number of likely N-dealkylation sites (tertiary alicyclic amines) is 1. The highest BCUT2D eigenvalue weighted by Crippen LogP contribution is 2.22. The van der Waals surface area contributed by atoms with Gasteiger partial charge in [0.2, 0.25) is 11.8 Å². The van der Waals surface area contributed by atoms with Crippen molar-refractivity contribution < 1.29 is 19.1 Å². The molecule has 0 unspecified atom stereocenters. The van der Waals surface area contributed by atoms with E-state index in [2.05, 4.69) is 0 Å². The van der Waals surface area contributed by atoms with E-state index in [4.69, 9.17) is 10.5 Å². The molecule has 0 spiro atoms. The number of hydrogen-bond acceptors (Lipinski definition) is 6. The molecule has 154 valence electrons. The summed E-state index contributed by atoms with van der Waals surface area (Å²) < 4.78 is 4.74. The summed E-state index contributed by atoms with van der Waals surface area (Å²) in [6, 6.07) is 8.12. The molecule has 7 heteroatoms. The molecule has 7 nitrogen and oxygen atoms in total. The van der Waals surface area contributed by atoms with Crippen LogP contribution in [0, 0.1) is 5.92 Å². The minimum atomic E-state index is -0.742. The average molecular weight is 389 g/mol. The smallest absolute Gasteiger partial charge is 0.319 e. The number of hydrogen-bond donors (Lipinski definition) is 1. The van der Waals surface area contributed by atoms with Crippen LogP contribution >= 0.6 is 0 Å². The first-order valence-corrected chi connectivity index (χ1v) is 9.84. The van der Waals surface area contributed by atoms with E-state index in [1.165, 1.54) is 12.0 Å². The SMILES string of the molecule is CC[C@H](C)[C@H](N)C(=O)N(Cc1ccccc1)C(=O)[C@@H]1CCCN1CC(=O)OC. The van der Waals surface area contributed by atoms with Gasteiger partial charge in [0.25, 0.3) is 0 Å². The van der Waals surface area contributed by atoms with E-state index in [0.717, 1.165) is 18.4 Å². The number of nitrogens with two attached hydrogens (primary N) is 1. The second-order valence-corrected chi connectivity index (χ2v) is 7.36. The van der Waals surface area contributed by atoms with Crippen molar-refractivity contribution in [2.24, 2.45) is 11.7 Å². The normalized spacial score (nSPS) is 19.1. The molecule has 0 aromatic heterocycles. The molecule has 1 fully saturated rings. The maximum atomic E-state index is 13.3. The number of esters is 1. The second-order valence-electron chi connectivity index (χ2n) is 7.36. The molecule has 0 radical (unpaired) electrons. The zero-order valence-electron chi connectivity index (χ0n) is 17.0. The first-order chi connectivity index (χ1) is 13.4. The van der Waals surface area contributed by atoms with Crippen LogP contribution in [0.2, 0.25) is 0 Å². The minimum absolute atomic E-state index is 0.0340. The second kappa shape index (κ2) is 10.3. The Balaban J connectivity index is 2.25. The van der Waals surface area contributed by atoms with E-state index >= 15 is 0 Å². The lowest BCUT2D eigenvalue weighted by atomic mass is 9.98. The van der Waals surface area contributed by atoms with Crippen LogP contribution in [0.4, 0.5) is 0 Å². The summed E-state index contributed by atoms with van der Waals surface area (Å²) in [5.41, 5.74) is 7.03. The number of rotatable bonds is 8. The highest BCUT2D eigenvalue weighted by atomic mass is 16.5. The lowest BCUT2D eigenvalue weighted by Gasteiger charge is -2.31. The molecule has 0 bridgehead atoms. The van der Waals surface area contributed by atoms with Gasteiger partial charge in [-0.3, -0.25) is 24.2 Å². The van der Waals surface area contributed by atoms with E-state index in [-0.39, 0.29) is 30.8 Å². The van der Waals surface area contributed by atoms with E-state index in [1.54, 1.807) is 4.90 Å². The first-order valence-electron chi connectivity index (χ1n) is 9.84. The molecule has 2 amide bonds. The first kappa shape index (κ1) is 22.0. The molecule has 3 atom stereocenters.